The highest BCUT2D eigenvalue weighted by molar-refractivity contribution is 5.80. The maximum atomic E-state index is 12.0. The molecule has 1 fully saturated rings. The van der Waals surface area contributed by atoms with E-state index in [9.17, 15) is 4.79 Å². The molecule has 1 unspecified atom stereocenters. The molecule has 1 aromatic carbocycles. The summed E-state index contributed by atoms with van der Waals surface area (Å²) in [6.07, 6.45) is 5.53. The molecule has 0 saturated carbocycles. The van der Waals surface area contributed by atoms with Crippen LogP contribution in [0.1, 0.15) is 24.8 Å². The topological polar surface area (TPSA) is 49.0 Å². The van der Waals surface area contributed by atoms with Crippen molar-refractivity contribution in [3.63, 3.8) is 0 Å². The molecule has 0 N–H and O–H groups in total. The predicted molar refractivity (Wildman–Crippen MR) is 98.7 cm³/mol. The maximum absolute atomic E-state index is 12.0. The van der Waals surface area contributed by atoms with Crippen LogP contribution in [0.2, 0.25) is 0 Å². The smallest absolute Gasteiger partial charge is 0.253 e. The number of ether oxygens (including phenoxy) is 1. The Hall–Kier alpha value is -2.40. The first-order valence-corrected chi connectivity index (χ1v) is 8.88. The summed E-state index contributed by atoms with van der Waals surface area (Å²) in [6, 6.07) is 10.1. The van der Waals surface area contributed by atoms with Crippen molar-refractivity contribution in [2.24, 2.45) is 7.05 Å². The predicted octanol–water partition coefficient (Wildman–Crippen LogP) is 3.28. The number of nitrogens with zero attached hydrogens (tertiary/aromatic N) is 3. The van der Waals surface area contributed by atoms with Crippen LogP contribution in [0.15, 0.2) is 41.3 Å². The Bertz CT molecular complexity index is 938. The third-order valence-electron chi connectivity index (χ3n) is 4.94. The van der Waals surface area contributed by atoms with E-state index in [1.54, 1.807) is 11.6 Å². The van der Waals surface area contributed by atoms with Gasteiger partial charge in [-0.15, -0.1) is 0 Å². The van der Waals surface area contributed by atoms with Gasteiger partial charge in [0.05, 0.1) is 23.7 Å². The van der Waals surface area contributed by atoms with E-state index in [2.05, 4.69) is 10.6 Å². The molecule has 0 spiro atoms. The van der Waals surface area contributed by atoms with Gasteiger partial charge in [0.25, 0.3) is 5.56 Å². The molecule has 1 saturated heterocycles. The van der Waals surface area contributed by atoms with Crippen LogP contribution in [0.4, 0.5) is 0 Å². The van der Waals surface area contributed by atoms with Gasteiger partial charge in [-0.05, 0) is 44.4 Å². The number of aryl methyl sites for hydroxylation is 2. The van der Waals surface area contributed by atoms with Crippen molar-refractivity contribution in [1.29, 1.82) is 0 Å². The van der Waals surface area contributed by atoms with Gasteiger partial charge in [-0.25, -0.2) is 4.98 Å². The van der Waals surface area contributed by atoms with Crippen molar-refractivity contribution >= 4 is 11.0 Å². The van der Waals surface area contributed by atoms with Crippen molar-refractivity contribution in [3.05, 3.63) is 52.4 Å². The Kier molecular flexibility index (Phi) is 4.17. The molecule has 4 rings (SSSR count). The van der Waals surface area contributed by atoms with E-state index < -0.39 is 0 Å². The minimum atomic E-state index is 0.0297. The van der Waals surface area contributed by atoms with Crippen LogP contribution in [0.25, 0.3) is 22.4 Å². The fourth-order valence-corrected chi connectivity index (χ4v) is 3.64. The van der Waals surface area contributed by atoms with Crippen molar-refractivity contribution in [2.75, 3.05) is 6.61 Å². The first kappa shape index (κ1) is 16.1. The Morgan fingerprint density at radius 3 is 2.88 bits per heavy atom. The molecule has 0 bridgehead atoms. The molecule has 1 atom stereocenters. The molecule has 0 aliphatic carbocycles. The minimum Gasteiger partial charge on any atom is -0.376 e. The molecule has 3 heterocycles. The maximum Gasteiger partial charge on any atom is 0.253 e. The number of rotatable bonds is 3. The van der Waals surface area contributed by atoms with Crippen LogP contribution < -0.4 is 5.56 Å². The normalized spacial score (nSPS) is 17.9. The third kappa shape index (κ3) is 3.00. The van der Waals surface area contributed by atoms with Gasteiger partial charge < -0.3 is 13.9 Å². The Balaban J connectivity index is 1.85. The average molecular weight is 337 g/mol. The molecular formula is C20H23N3O2. The van der Waals surface area contributed by atoms with E-state index in [1.807, 2.05) is 37.4 Å². The van der Waals surface area contributed by atoms with Gasteiger partial charge in [0.2, 0.25) is 0 Å². The first-order valence-electron chi connectivity index (χ1n) is 8.88. The lowest BCUT2D eigenvalue weighted by Crippen LogP contribution is -2.25. The number of pyridine rings is 1. The second-order valence-corrected chi connectivity index (χ2v) is 6.85. The second-order valence-electron chi connectivity index (χ2n) is 6.85. The lowest BCUT2D eigenvalue weighted by atomic mass is 10.1. The summed E-state index contributed by atoms with van der Waals surface area (Å²) in [6.45, 7) is 3.48. The number of benzene rings is 1. The molecule has 5 nitrogen and oxygen atoms in total. The minimum absolute atomic E-state index is 0.0297. The SMILES string of the molecule is Cc1cc(-c2nc3ccccc3n2CC2CCCCO2)cn(C)c1=O. The fraction of sp³-hybridized carbons (Fsp3) is 0.400. The lowest BCUT2D eigenvalue weighted by Gasteiger charge is -2.24. The molecule has 0 amide bonds. The summed E-state index contributed by atoms with van der Waals surface area (Å²) in [5, 5.41) is 0. The zero-order valence-corrected chi connectivity index (χ0v) is 14.7. The molecule has 0 radical (unpaired) electrons. The molecule has 25 heavy (non-hydrogen) atoms. The summed E-state index contributed by atoms with van der Waals surface area (Å²) >= 11 is 0. The lowest BCUT2D eigenvalue weighted by molar-refractivity contribution is 0.00686. The van der Waals surface area contributed by atoms with Gasteiger partial charge in [-0.1, -0.05) is 12.1 Å². The van der Waals surface area contributed by atoms with Crippen molar-refractivity contribution in [1.82, 2.24) is 14.1 Å². The second kappa shape index (κ2) is 6.48. The number of hydrogen-bond donors (Lipinski definition) is 0. The largest absolute Gasteiger partial charge is 0.376 e. The van der Waals surface area contributed by atoms with Gasteiger partial charge in [0.15, 0.2) is 0 Å². The summed E-state index contributed by atoms with van der Waals surface area (Å²) in [4.78, 5) is 16.9. The quantitative estimate of drug-likeness (QED) is 0.737. The monoisotopic (exact) mass is 337 g/mol. The van der Waals surface area contributed by atoms with E-state index in [0.717, 1.165) is 54.0 Å². The van der Waals surface area contributed by atoms with Crippen molar-refractivity contribution in [3.8, 4) is 11.4 Å². The van der Waals surface area contributed by atoms with Crippen LogP contribution in [0, 0.1) is 6.92 Å². The number of para-hydroxylation sites is 2. The van der Waals surface area contributed by atoms with Gasteiger partial charge in [0, 0.05) is 31.0 Å². The summed E-state index contributed by atoms with van der Waals surface area (Å²) in [5.74, 6) is 0.897. The number of imidazole rings is 1. The van der Waals surface area contributed by atoms with E-state index in [1.165, 1.54) is 6.42 Å². The molecule has 2 aromatic heterocycles. The Morgan fingerprint density at radius 2 is 2.12 bits per heavy atom. The van der Waals surface area contributed by atoms with E-state index in [4.69, 9.17) is 9.72 Å². The summed E-state index contributed by atoms with van der Waals surface area (Å²) in [5.41, 5.74) is 3.80. The van der Waals surface area contributed by atoms with Gasteiger partial charge in [-0.2, -0.15) is 0 Å². The molecule has 1 aliphatic rings. The standard InChI is InChI=1S/C20H23N3O2/c1-14-11-15(12-22(2)20(14)24)19-21-17-8-3-4-9-18(17)23(19)13-16-7-5-6-10-25-16/h3-4,8-9,11-12,16H,5-7,10,13H2,1-2H3. The Morgan fingerprint density at radius 1 is 1.28 bits per heavy atom. The number of hydrogen-bond acceptors (Lipinski definition) is 3. The summed E-state index contributed by atoms with van der Waals surface area (Å²) in [7, 11) is 1.79. The van der Waals surface area contributed by atoms with E-state index in [0.29, 0.717) is 0 Å². The number of aromatic nitrogens is 3. The summed E-state index contributed by atoms with van der Waals surface area (Å²) < 4.78 is 9.82. The van der Waals surface area contributed by atoms with Crippen LogP contribution >= 0.6 is 0 Å². The van der Waals surface area contributed by atoms with E-state index in [-0.39, 0.29) is 11.7 Å². The molecular weight excluding hydrogens is 314 g/mol. The van der Waals surface area contributed by atoms with Crippen LogP contribution in [-0.4, -0.2) is 26.8 Å². The zero-order valence-electron chi connectivity index (χ0n) is 14.7. The van der Waals surface area contributed by atoms with Crippen molar-refractivity contribution < 1.29 is 4.74 Å². The van der Waals surface area contributed by atoms with Gasteiger partial charge in [0.1, 0.15) is 5.82 Å². The van der Waals surface area contributed by atoms with E-state index >= 15 is 0 Å². The number of fused-ring (bicyclic) bond motifs is 1. The molecule has 3 aromatic rings. The highest BCUT2D eigenvalue weighted by Crippen LogP contribution is 2.27. The van der Waals surface area contributed by atoms with Gasteiger partial charge in [-0.3, -0.25) is 4.79 Å². The molecule has 1 aliphatic heterocycles. The van der Waals surface area contributed by atoms with Crippen LogP contribution in [0.3, 0.4) is 0 Å². The average Bonchev–Trinajstić information content (AvgIpc) is 2.99. The first-order chi connectivity index (χ1) is 12.1. The zero-order chi connectivity index (χ0) is 17.4. The molecule has 5 heteroatoms. The van der Waals surface area contributed by atoms with Gasteiger partial charge >= 0.3 is 0 Å². The molecule has 130 valence electrons. The van der Waals surface area contributed by atoms with Crippen molar-refractivity contribution in [2.45, 2.75) is 38.8 Å². The third-order valence-corrected chi connectivity index (χ3v) is 4.94. The fourth-order valence-electron chi connectivity index (χ4n) is 3.64. The highest BCUT2D eigenvalue weighted by atomic mass is 16.5. The van der Waals surface area contributed by atoms with Crippen LogP contribution in [0.5, 0.6) is 0 Å². The Labute approximate surface area is 146 Å². The van der Waals surface area contributed by atoms with Crippen LogP contribution in [-0.2, 0) is 18.3 Å². The highest BCUT2D eigenvalue weighted by Gasteiger charge is 2.20.